The minimum absolute atomic E-state index is 0.00741. The lowest BCUT2D eigenvalue weighted by atomic mass is 9.44. The third kappa shape index (κ3) is 3.08. The van der Waals surface area contributed by atoms with Crippen LogP contribution in [0.2, 0.25) is 0 Å². The minimum Gasteiger partial charge on any atom is -0.384 e. The molecule has 0 N–H and O–H groups in total. The van der Waals surface area contributed by atoms with Crippen molar-refractivity contribution in [3.05, 3.63) is 0 Å². The molecule has 0 spiro atoms. The lowest BCUT2D eigenvalue weighted by Crippen LogP contribution is -2.63. The van der Waals surface area contributed by atoms with Crippen LogP contribution in [0.4, 0.5) is 0 Å². The largest absolute Gasteiger partial charge is 0.384 e. The van der Waals surface area contributed by atoms with E-state index in [1.165, 1.54) is 0 Å². The molecule has 3 aliphatic rings. The molecular formula is C23H40O5. The van der Waals surface area contributed by atoms with E-state index in [1.807, 2.05) is 7.11 Å². The molecule has 2 bridgehead atoms. The molecule has 0 aromatic heterocycles. The van der Waals surface area contributed by atoms with Crippen LogP contribution in [-0.2, 0) is 23.7 Å². The van der Waals surface area contributed by atoms with Crippen LogP contribution in [0.1, 0.15) is 59.8 Å². The van der Waals surface area contributed by atoms with E-state index in [1.54, 1.807) is 14.2 Å². The van der Waals surface area contributed by atoms with Crippen molar-refractivity contribution in [1.29, 1.82) is 0 Å². The zero-order chi connectivity index (χ0) is 20.7. The molecule has 28 heavy (non-hydrogen) atoms. The van der Waals surface area contributed by atoms with Crippen LogP contribution in [0, 0.1) is 34.0 Å². The molecule has 0 amide bonds. The van der Waals surface area contributed by atoms with Crippen molar-refractivity contribution in [3.63, 3.8) is 0 Å². The van der Waals surface area contributed by atoms with Crippen molar-refractivity contribution in [3.8, 4) is 0 Å². The van der Waals surface area contributed by atoms with Gasteiger partial charge < -0.3 is 18.9 Å². The van der Waals surface area contributed by atoms with Crippen LogP contribution in [0.5, 0.6) is 0 Å². The van der Waals surface area contributed by atoms with E-state index in [4.69, 9.17) is 18.9 Å². The summed E-state index contributed by atoms with van der Waals surface area (Å²) in [5, 5.41) is 0. The molecule has 3 fully saturated rings. The Balaban J connectivity index is 2.17. The molecule has 2 unspecified atom stereocenters. The van der Waals surface area contributed by atoms with Gasteiger partial charge in [-0.2, -0.15) is 0 Å². The molecular weight excluding hydrogens is 356 g/mol. The van der Waals surface area contributed by atoms with Crippen molar-refractivity contribution in [1.82, 2.24) is 0 Å². The topological polar surface area (TPSA) is 54.0 Å². The maximum absolute atomic E-state index is 13.8. The van der Waals surface area contributed by atoms with Crippen molar-refractivity contribution >= 4 is 5.78 Å². The monoisotopic (exact) mass is 396 g/mol. The van der Waals surface area contributed by atoms with Gasteiger partial charge in [0.05, 0.1) is 24.2 Å². The smallest absolute Gasteiger partial charge is 0.146 e. The van der Waals surface area contributed by atoms with E-state index in [-0.39, 0.29) is 35.7 Å². The maximum atomic E-state index is 13.8. The van der Waals surface area contributed by atoms with Crippen LogP contribution < -0.4 is 0 Å². The number of hydrogen-bond donors (Lipinski definition) is 0. The molecule has 0 radical (unpaired) electrons. The van der Waals surface area contributed by atoms with Gasteiger partial charge in [-0.1, -0.05) is 27.7 Å². The average Bonchev–Trinajstić information content (AvgIpc) is 3.07. The fourth-order valence-electron chi connectivity index (χ4n) is 7.33. The molecule has 5 heteroatoms. The highest BCUT2D eigenvalue weighted by Crippen LogP contribution is 2.68. The third-order valence-electron chi connectivity index (χ3n) is 8.99. The van der Waals surface area contributed by atoms with Gasteiger partial charge in [0.1, 0.15) is 12.6 Å². The van der Waals surface area contributed by atoms with E-state index < -0.39 is 5.41 Å². The number of rotatable bonds is 6. The third-order valence-corrected chi connectivity index (χ3v) is 8.99. The number of ether oxygens (including phenoxy) is 4. The summed E-state index contributed by atoms with van der Waals surface area (Å²) in [7, 11) is 5.18. The highest BCUT2D eigenvalue weighted by Gasteiger charge is 2.68. The Labute approximate surface area is 170 Å². The first kappa shape index (κ1) is 22.2. The highest BCUT2D eigenvalue weighted by atomic mass is 16.7. The lowest BCUT2D eigenvalue weighted by molar-refractivity contribution is -0.221. The van der Waals surface area contributed by atoms with Crippen LogP contribution in [0.25, 0.3) is 0 Å². The summed E-state index contributed by atoms with van der Waals surface area (Å²) in [4.78, 5) is 13.8. The maximum Gasteiger partial charge on any atom is 0.146 e. The molecule has 8 atom stereocenters. The predicted molar refractivity (Wildman–Crippen MR) is 108 cm³/mol. The van der Waals surface area contributed by atoms with Crippen LogP contribution in [0.3, 0.4) is 0 Å². The molecule has 162 valence electrons. The molecule has 0 aliphatic heterocycles. The van der Waals surface area contributed by atoms with Crippen molar-refractivity contribution in [2.45, 2.75) is 72.0 Å². The van der Waals surface area contributed by atoms with Gasteiger partial charge in [-0.25, -0.2) is 0 Å². The minimum atomic E-state index is -0.548. The van der Waals surface area contributed by atoms with Crippen molar-refractivity contribution < 1.29 is 23.7 Å². The van der Waals surface area contributed by atoms with Crippen LogP contribution >= 0.6 is 0 Å². The van der Waals surface area contributed by atoms with Gasteiger partial charge in [0.15, 0.2) is 0 Å². The first-order valence-corrected chi connectivity index (χ1v) is 10.9. The van der Waals surface area contributed by atoms with Crippen LogP contribution in [0.15, 0.2) is 0 Å². The Bertz CT molecular complexity index is 579. The van der Waals surface area contributed by atoms with Crippen molar-refractivity contribution in [2.75, 3.05) is 34.7 Å². The van der Waals surface area contributed by atoms with E-state index in [0.717, 1.165) is 25.7 Å². The van der Waals surface area contributed by atoms with E-state index in [9.17, 15) is 4.79 Å². The Morgan fingerprint density at radius 2 is 1.71 bits per heavy atom. The van der Waals surface area contributed by atoms with Gasteiger partial charge in [0.25, 0.3) is 0 Å². The highest BCUT2D eigenvalue weighted by molar-refractivity contribution is 5.87. The van der Waals surface area contributed by atoms with Gasteiger partial charge >= 0.3 is 0 Å². The van der Waals surface area contributed by atoms with Gasteiger partial charge in [-0.05, 0) is 49.4 Å². The van der Waals surface area contributed by atoms with Gasteiger partial charge in [0.2, 0.25) is 0 Å². The molecule has 0 aromatic rings. The zero-order valence-corrected chi connectivity index (χ0v) is 18.9. The fraction of sp³-hybridized carbons (Fsp3) is 0.957. The Kier molecular flexibility index (Phi) is 6.32. The summed E-state index contributed by atoms with van der Waals surface area (Å²) in [5.41, 5.74) is -0.630. The second kappa shape index (κ2) is 7.98. The second-order valence-electron chi connectivity index (χ2n) is 10.2. The molecule has 3 aliphatic carbocycles. The lowest BCUT2D eigenvalue weighted by Gasteiger charge is -2.62. The second-order valence-corrected chi connectivity index (χ2v) is 10.2. The Morgan fingerprint density at radius 1 is 1.04 bits per heavy atom. The number of methoxy groups -OCH3 is 3. The average molecular weight is 397 g/mol. The summed E-state index contributed by atoms with van der Waals surface area (Å²) >= 11 is 0. The summed E-state index contributed by atoms with van der Waals surface area (Å²) in [6.45, 7) is 9.68. The van der Waals surface area contributed by atoms with E-state index >= 15 is 0 Å². The summed E-state index contributed by atoms with van der Waals surface area (Å²) < 4.78 is 23.3. The summed E-state index contributed by atoms with van der Waals surface area (Å²) in [6, 6.07) is 0. The fourth-order valence-corrected chi connectivity index (χ4v) is 7.33. The normalized spacial score (nSPS) is 48.8. The molecule has 0 aromatic carbocycles. The molecule has 5 nitrogen and oxygen atoms in total. The summed E-state index contributed by atoms with van der Waals surface area (Å²) in [5.74, 6) is 1.16. The number of carbonyl (C=O) groups excluding carboxylic acids is 1. The molecule has 3 saturated carbocycles. The number of carbonyl (C=O) groups is 1. The first-order valence-electron chi connectivity index (χ1n) is 10.9. The van der Waals surface area contributed by atoms with E-state index in [2.05, 4.69) is 27.7 Å². The molecule has 0 saturated heterocycles. The van der Waals surface area contributed by atoms with Crippen molar-refractivity contribution in [2.24, 2.45) is 34.0 Å². The summed E-state index contributed by atoms with van der Waals surface area (Å²) in [6.07, 6.45) is 5.10. The zero-order valence-electron chi connectivity index (χ0n) is 18.9. The predicted octanol–water partition coefficient (Wildman–Crippen LogP) is 4.08. The van der Waals surface area contributed by atoms with Gasteiger partial charge in [-0.3, -0.25) is 4.79 Å². The molecule has 3 rings (SSSR count). The quantitative estimate of drug-likeness (QED) is 0.633. The SMILES string of the molecule is COCO[C@@H]1C[C@@](C)(COC)C(=O)[C@H](C)C23CC[C@@H](C)[C@]1(C)C2[C@H](OC)CC3. The van der Waals surface area contributed by atoms with Crippen LogP contribution in [-0.4, -0.2) is 52.7 Å². The standard InChI is InChI=1S/C23H40O5/c1-15-8-10-23-11-9-17(27-7)19(23)22(15,4)18(28-14-26-6)12-21(3,13-25-5)20(24)16(23)2/h15-19H,8-14H2,1-7H3/t15-,16+,17-,18-,19?,21+,22+,23?/m1/s1. The number of hydrogen-bond acceptors (Lipinski definition) is 5. The Hall–Kier alpha value is -0.490. The Morgan fingerprint density at radius 3 is 2.32 bits per heavy atom. The first-order chi connectivity index (χ1) is 13.2. The van der Waals surface area contributed by atoms with Gasteiger partial charge in [0, 0.05) is 32.7 Å². The van der Waals surface area contributed by atoms with Gasteiger partial charge in [-0.15, -0.1) is 0 Å². The van der Waals surface area contributed by atoms with E-state index in [0.29, 0.717) is 30.6 Å². The number of ketones is 1. The number of Topliss-reactive ketones (excluding diaryl/α,β-unsaturated/α-hetero) is 1. The molecule has 0 heterocycles.